The van der Waals surface area contributed by atoms with Gasteiger partial charge in [0.25, 0.3) is 10.0 Å². The van der Waals surface area contributed by atoms with E-state index in [9.17, 15) is 8.42 Å². The molecule has 6 rings (SSSR count). The smallest absolute Gasteiger partial charge is 0.273 e. The minimum atomic E-state index is -3.63. The summed E-state index contributed by atoms with van der Waals surface area (Å²) in [5.41, 5.74) is 2.46. The molecule has 0 unspecified atom stereocenters. The molecule has 0 bridgehead atoms. The van der Waals surface area contributed by atoms with Crippen LogP contribution in [-0.2, 0) is 21.3 Å². The maximum Gasteiger partial charge on any atom is 0.273 e. The summed E-state index contributed by atoms with van der Waals surface area (Å²) in [6, 6.07) is 11.9. The fraction of sp³-hybridized carbons (Fsp3) is 0.423. The molecule has 190 valence electrons. The summed E-state index contributed by atoms with van der Waals surface area (Å²) in [7, 11) is -1.86. The molecule has 1 aliphatic carbocycles. The third-order valence-electron chi connectivity index (χ3n) is 7.06. The van der Waals surface area contributed by atoms with E-state index < -0.39 is 10.0 Å². The molecule has 4 heterocycles. The fourth-order valence-corrected chi connectivity index (χ4v) is 8.60. The zero-order chi connectivity index (χ0) is 24.7. The Hall–Kier alpha value is -2.24. The lowest BCUT2D eigenvalue weighted by atomic mass is 10.2. The Morgan fingerprint density at radius 1 is 1.22 bits per heavy atom. The van der Waals surface area contributed by atoms with E-state index in [1.807, 2.05) is 29.8 Å². The number of nitrogens with zero attached hydrogens (tertiary/aromatic N) is 3. The molecule has 0 spiro atoms. The highest BCUT2D eigenvalue weighted by atomic mass is 32.2. The Labute approximate surface area is 219 Å². The van der Waals surface area contributed by atoms with Gasteiger partial charge in [-0.1, -0.05) is 18.2 Å². The maximum absolute atomic E-state index is 13.6. The van der Waals surface area contributed by atoms with E-state index in [1.54, 1.807) is 34.9 Å². The lowest BCUT2D eigenvalue weighted by Gasteiger charge is -2.24. The molecule has 0 amide bonds. The van der Waals surface area contributed by atoms with E-state index in [1.165, 1.54) is 29.1 Å². The molecule has 36 heavy (non-hydrogen) atoms. The summed E-state index contributed by atoms with van der Waals surface area (Å²) in [6.07, 6.45) is 6.50. The second-order valence-corrected chi connectivity index (χ2v) is 13.8. The second-order valence-electron chi connectivity index (χ2n) is 9.69. The predicted molar refractivity (Wildman–Crippen MR) is 146 cm³/mol. The molecule has 4 aromatic rings. The molecule has 1 aliphatic heterocycles. The van der Waals surface area contributed by atoms with E-state index in [2.05, 4.69) is 16.0 Å². The van der Waals surface area contributed by atoms with Crippen molar-refractivity contribution in [3.05, 3.63) is 52.9 Å². The molecule has 7 nitrogen and oxygen atoms in total. The number of hydrogen-bond donors (Lipinski definition) is 1. The van der Waals surface area contributed by atoms with Crippen molar-refractivity contribution in [3.8, 4) is 10.7 Å². The number of methoxy groups -OCH3 is 1. The van der Waals surface area contributed by atoms with Crippen LogP contribution in [0.2, 0.25) is 0 Å². The first-order valence-corrected chi connectivity index (χ1v) is 15.5. The lowest BCUT2D eigenvalue weighted by Crippen LogP contribution is -2.32. The van der Waals surface area contributed by atoms with E-state index in [0.29, 0.717) is 28.4 Å². The van der Waals surface area contributed by atoms with Crippen LogP contribution < -0.4 is 4.31 Å². The molecule has 1 atom stereocenters. The minimum absolute atomic E-state index is 0.380. The maximum atomic E-state index is 13.6. The van der Waals surface area contributed by atoms with Crippen LogP contribution in [0.5, 0.6) is 0 Å². The number of hydrogen-bond acceptors (Lipinski definition) is 7. The summed E-state index contributed by atoms with van der Waals surface area (Å²) in [5.74, 6) is 0.415. The fourth-order valence-electron chi connectivity index (χ4n) is 5.03. The van der Waals surface area contributed by atoms with E-state index in [-0.39, 0.29) is 0 Å². The van der Waals surface area contributed by atoms with Crippen molar-refractivity contribution in [2.75, 3.05) is 31.1 Å². The average Bonchev–Trinajstić information content (AvgIpc) is 3.36. The Morgan fingerprint density at radius 3 is 2.89 bits per heavy atom. The van der Waals surface area contributed by atoms with Gasteiger partial charge in [0.2, 0.25) is 0 Å². The number of nitrogens with one attached hydrogen (secondary N) is 1. The average molecular weight is 543 g/mol. The van der Waals surface area contributed by atoms with Crippen LogP contribution in [0.25, 0.3) is 21.6 Å². The first kappa shape index (κ1) is 24.1. The number of rotatable bonds is 10. The Balaban J connectivity index is 1.31. The zero-order valence-electron chi connectivity index (χ0n) is 20.2. The van der Waals surface area contributed by atoms with Crippen LogP contribution in [0.15, 0.2) is 52.2 Å². The predicted octanol–water partition coefficient (Wildman–Crippen LogP) is 5.57. The Morgan fingerprint density at radius 2 is 2.11 bits per heavy atom. The molecule has 10 heteroatoms. The van der Waals surface area contributed by atoms with Crippen LogP contribution in [0.3, 0.4) is 0 Å². The van der Waals surface area contributed by atoms with Gasteiger partial charge in [-0.05, 0) is 61.7 Å². The molecule has 0 radical (unpaired) electrons. The third-order valence-corrected chi connectivity index (χ3v) is 11.2. The number of benzene rings is 1. The minimum Gasteiger partial charge on any atom is -0.383 e. The van der Waals surface area contributed by atoms with E-state index >= 15 is 0 Å². The monoisotopic (exact) mass is 542 g/mol. The molecular weight excluding hydrogens is 513 g/mol. The van der Waals surface area contributed by atoms with Crippen molar-refractivity contribution in [1.82, 2.24) is 14.9 Å². The van der Waals surface area contributed by atoms with Gasteiger partial charge in [-0.25, -0.2) is 13.4 Å². The van der Waals surface area contributed by atoms with Crippen molar-refractivity contribution in [2.45, 2.75) is 42.5 Å². The highest BCUT2D eigenvalue weighted by Gasteiger charge is 2.34. The Kier molecular flexibility index (Phi) is 6.64. The normalized spacial score (nSPS) is 18.9. The van der Waals surface area contributed by atoms with E-state index in [0.717, 1.165) is 54.1 Å². The van der Waals surface area contributed by atoms with Gasteiger partial charge in [-0.15, -0.1) is 22.7 Å². The van der Waals surface area contributed by atoms with Gasteiger partial charge in [-0.2, -0.15) is 0 Å². The summed E-state index contributed by atoms with van der Waals surface area (Å²) in [5, 5.41) is 3.72. The molecule has 1 saturated carbocycles. The van der Waals surface area contributed by atoms with Gasteiger partial charge in [0.05, 0.1) is 23.5 Å². The first-order chi connectivity index (χ1) is 17.5. The number of anilines is 1. The molecule has 1 aromatic carbocycles. The number of fused-ring (bicyclic) bond motifs is 1. The van der Waals surface area contributed by atoms with Gasteiger partial charge in [0.1, 0.15) is 9.22 Å². The molecule has 2 aliphatic rings. The largest absolute Gasteiger partial charge is 0.383 e. The van der Waals surface area contributed by atoms with Gasteiger partial charge in [0.15, 0.2) is 0 Å². The number of aromatic amines is 1. The molecule has 1 N–H and O–H groups in total. The van der Waals surface area contributed by atoms with Gasteiger partial charge < -0.3 is 9.72 Å². The number of aromatic nitrogens is 2. The van der Waals surface area contributed by atoms with Crippen molar-refractivity contribution in [2.24, 2.45) is 5.92 Å². The van der Waals surface area contributed by atoms with Gasteiger partial charge in [0, 0.05) is 42.7 Å². The number of sulfonamides is 1. The van der Waals surface area contributed by atoms with Gasteiger partial charge in [-0.3, -0.25) is 9.21 Å². The second kappa shape index (κ2) is 9.90. The van der Waals surface area contributed by atoms with Crippen molar-refractivity contribution >= 4 is 49.3 Å². The van der Waals surface area contributed by atoms with Crippen LogP contribution in [0, 0.1) is 5.92 Å². The van der Waals surface area contributed by atoms with Crippen LogP contribution in [-0.4, -0.2) is 56.1 Å². The van der Waals surface area contributed by atoms with Crippen molar-refractivity contribution in [1.29, 1.82) is 0 Å². The molecule has 3 aromatic heterocycles. The van der Waals surface area contributed by atoms with Crippen molar-refractivity contribution < 1.29 is 13.2 Å². The quantitative estimate of drug-likeness (QED) is 0.284. The zero-order valence-corrected chi connectivity index (χ0v) is 22.7. The molecular formula is C26H30N4O3S3. The molecule has 2 fully saturated rings. The van der Waals surface area contributed by atoms with Gasteiger partial charge >= 0.3 is 0 Å². The van der Waals surface area contributed by atoms with Crippen LogP contribution >= 0.6 is 22.7 Å². The highest BCUT2D eigenvalue weighted by molar-refractivity contribution is 7.94. The molecule has 1 saturated heterocycles. The highest BCUT2D eigenvalue weighted by Crippen LogP contribution is 2.39. The lowest BCUT2D eigenvalue weighted by molar-refractivity contribution is 0.112. The van der Waals surface area contributed by atoms with Crippen LogP contribution in [0.4, 0.5) is 5.69 Å². The van der Waals surface area contributed by atoms with Crippen LogP contribution in [0.1, 0.15) is 30.6 Å². The summed E-state index contributed by atoms with van der Waals surface area (Å²) >= 11 is 2.96. The van der Waals surface area contributed by atoms with E-state index in [4.69, 9.17) is 9.72 Å². The van der Waals surface area contributed by atoms with Crippen molar-refractivity contribution in [3.63, 3.8) is 0 Å². The Bertz CT molecular complexity index is 1440. The SMILES string of the molecule is COC[C@@H]1CCCN1Cc1cnc(-c2cc3cccc(N(CC4CC4)S(=O)(=O)c4cccs4)c3[nH]2)s1. The number of thiazole rings is 1. The first-order valence-electron chi connectivity index (χ1n) is 12.4. The summed E-state index contributed by atoms with van der Waals surface area (Å²) < 4.78 is 34.6. The number of thiophene rings is 1. The number of para-hydroxylation sites is 1. The third kappa shape index (κ3) is 4.72. The standard InChI is InChI=1S/C26H30N4O3S3/c1-33-17-20-6-3-11-29(20)16-21-14-27-26(35-21)22-13-19-5-2-7-23(25(19)28-22)30(15-18-9-10-18)36(31,32)24-8-4-12-34-24/h2,4-5,7-8,12-14,18,20,28H,3,6,9-11,15-17H2,1H3/t20-/m0/s1. The summed E-state index contributed by atoms with van der Waals surface area (Å²) in [4.78, 5) is 11.9. The summed E-state index contributed by atoms with van der Waals surface area (Å²) in [6.45, 7) is 3.24. The topological polar surface area (TPSA) is 78.5 Å². The number of H-pyrrole nitrogens is 1. The number of likely N-dealkylation sites (tertiary alicyclic amines) is 1. The number of ether oxygens (including phenoxy) is 1.